The molecule has 1 amide bonds. The van der Waals surface area contributed by atoms with Gasteiger partial charge in [0.15, 0.2) is 0 Å². The van der Waals surface area contributed by atoms with Crippen LogP contribution in [0.3, 0.4) is 0 Å². The lowest BCUT2D eigenvalue weighted by Gasteiger charge is -2.09. The standard InChI is InChI=1S/C15H15FN2O3S/c1-2-17-15(19)11-7-9-12(10-8-11)22(20,21)18-14-6-4-3-5-13(14)16/h3-10,18H,2H2,1H3,(H,17,19). The molecule has 0 aliphatic rings. The van der Waals surface area contributed by atoms with Crippen LogP contribution < -0.4 is 10.0 Å². The lowest BCUT2D eigenvalue weighted by atomic mass is 10.2. The van der Waals surface area contributed by atoms with Crippen molar-refractivity contribution in [2.24, 2.45) is 0 Å². The lowest BCUT2D eigenvalue weighted by Crippen LogP contribution is -2.22. The predicted molar refractivity (Wildman–Crippen MR) is 81.7 cm³/mol. The molecule has 0 heterocycles. The van der Waals surface area contributed by atoms with Crippen LogP contribution in [-0.4, -0.2) is 20.9 Å². The highest BCUT2D eigenvalue weighted by molar-refractivity contribution is 7.92. The van der Waals surface area contributed by atoms with Crippen molar-refractivity contribution in [3.63, 3.8) is 0 Å². The summed E-state index contributed by atoms with van der Waals surface area (Å²) >= 11 is 0. The quantitative estimate of drug-likeness (QED) is 0.887. The molecule has 0 aromatic heterocycles. The number of para-hydroxylation sites is 1. The molecule has 7 heteroatoms. The molecule has 116 valence electrons. The van der Waals surface area contributed by atoms with Gasteiger partial charge < -0.3 is 5.32 Å². The monoisotopic (exact) mass is 322 g/mol. The first-order valence-electron chi connectivity index (χ1n) is 6.59. The van der Waals surface area contributed by atoms with Crippen LogP contribution in [0.5, 0.6) is 0 Å². The zero-order valence-corrected chi connectivity index (χ0v) is 12.7. The number of halogens is 1. The van der Waals surface area contributed by atoms with Crippen molar-refractivity contribution in [2.45, 2.75) is 11.8 Å². The molecule has 0 atom stereocenters. The molecular formula is C15H15FN2O3S. The summed E-state index contributed by atoms with van der Waals surface area (Å²) in [6.07, 6.45) is 0. The predicted octanol–water partition coefficient (Wildman–Crippen LogP) is 2.38. The van der Waals surface area contributed by atoms with Gasteiger partial charge in [-0.1, -0.05) is 12.1 Å². The van der Waals surface area contributed by atoms with E-state index in [1.807, 2.05) is 0 Å². The molecule has 2 N–H and O–H groups in total. The zero-order chi connectivity index (χ0) is 16.2. The third-order valence-electron chi connectivity index (χ3n) is 2.88. The maximum atomic E-state index is 13.5. The first-order chi connectivity index (χ1) is 10.4. The van der Waals surface area contributed by atoms with E-state index in [0.29, 0.717) is 12.1 Å². The van der Waals surface area contributed by atoms with E-state index in [4.69, 9.17) is 0 Å². The minimum Gasteiger partial charge on any atom is -0.352 e. The summed E-state index contributed by atoms with van der Waals surface area (Å²) in [6, 6.07) is 10.9. The SMILES string of the molecule is CCNC(=O)c1ccc(S(=O)(=O)Nc2ccccc2F)cc1. The Hall–Kier alpha value is -2.41. The fraction of sp³-hybridized carbons (Fsp3) is 0.133. The van der Waals surface area contributed by atoms with Gasteiger partial charge in [-0.2, -0.15) is 0 Å². The number of rotatable bonds is 5. The van der Waals surface area contributed by atoms with Crippen LogP contribution in [0.1, 0.15) is 17.3 Å². The van der Waals surface area contributed by atoms with Crippen molar-refractivity contribution >= 4 is 21.6 Å². The van der Waals surface area contributed by atoms with E-state index in [1.54, 1.807) is 6.92 Å². The van der Waals surface area contributed by atoms with E-state index in [9.17, 15) is 17.6 Å². The molecular weight excluding hydrogens is 307 g/mol. The summed E-state index contributed by atoms with van der Waals surface area (Å²) < 4.78 is 40.0. The lowest BCUT2D eigenvalue weighted by molar-refractivity contribution is 0.0955. The topological polar surface area (TPSA) is 75.3 Å². The molecule has 2 aromatic rings. The third-order valence-corrected chi connectivity index (χ3v) is 4.26. The zero-order valence-electron chi connectivity index (χ0n) is 11.8. The fourth-order valence-corrected chi connectivity index (χ4v) is 2.86. The molecule has 5 nitrogen and oxygen atoms in total. The number of amides is 1. The molecule has 0 bridgehead atoms. The van der Waals surface area contributed by atoms with Crippen LogP contribution in [0.25, 0.3) is 0 Å². The van der Waals surface area contributed by atoms with E-state index >= 15 is 0 Å². The Balaban J connectivity index is 2.23. The number of carbonyl (C=O) groups excluding carboxylic acids is 1. The van der Waals surface area contributed by atoms with Crippen molar-refractivity contribution in [3.8, 4) is 0 Å². The Morgan fingerprint density at radius 2 is 1.73 bits per heavy atom. The molecule has 22 heavy (non-hydrogen) atoms. The highest BCUT2D eigenvalue weighted by Gasteiger charge is 2.16. The second kappa shape index (κ2) is 6.57. The van der Waals surface area contributed by atoms with Crippen molar-refractivity contribution in [2.75, 3.05) is 11.3 Å². The molecule has 2 aromatic carbocycles. The third kappa shape index (κ3) is 3.62. The van der Waals surface area contributed by atoms with Gasteiger partial charge in [0.1, 0.15) is 5.82 Å². The average Bonchev–Trinajstić information content (AvgIpc) is 2.50. The second-order valence-corrected chi connectivity index (χ2v) is 6.15. The van der Waals surface area contributed by atoms with Crippen LogP contribution in [0.2, 0.25) is 0 Å². The van der Waals surface area contributed by atoms with E-state index in [-0.39, 0.29) is 16.5 Å². The van der Waals surface area contributed by atoms with Crippen molar-refractivity contribution in [1.82, 2.24) is 5.32 Å². The van der Waals surface area contributed by atoms with E-state index in [0.717, 1.165) is 6.07 Å². The van der Waals surface area contributed by atoms with Gasteiger partial charge in [0.2, 0.25) is 0 Å². The number of carbonyl (C=O) groups is 1. The van der Waals surface area contributed by atoms with Gasteiger partial charge in [-0.05, 0) is 43.3 Å². The summed E-state index contributed by atoms with van der Waals surface area (Å²) in [6.45, 7) is 2.27. The average molecular weight is 322 g/mol. The Bertz CT molecular complexity index is 774. The summed E-state index contributed by atoms with van der Waals surface area (Å²) in [7, 11) is -3.91. The smallest absolute Gasteiger partial charge is 0.261 e. The molecule has 0 saturated heterocycles. The van der Waals surface area contributed by atoms with Crippen LogP contribution in [0.4, 0.5) is 10.1 Å². The van der Waals surface area contributed by atoms with Crippen molar-refractivity contribution in [3.05, 3.63) is 59.9 Å². The van der Waals surface area contributed by atoms with Gasteiger partial charge in [-0.3, -0.25) is 9.52 Å². The number of hydrogen-bond donors (Lipinski definition) is 2. The van der Waals surface area contributed by atoms with E-state index in [1.165, 1.54) is 42.5 Å². The van der Waals surface area contributed by atoms with Gasteiger partial charge >= 0.3 is 0 Å². The minimum atomic E-state index is -3.91. The summed E-state index contributed by atoms with van der Waals surface area (Å²) in [5, 5.41) is 2.61. The normalized spacial score (nSPS) is 11.0. The number of sulfonamides is 1. The summed E-state index contributed by atoms with van der Waals surface area (Å²) in [4.78, 5) is 11.6. The molecule has 0 fully saturated rings. The van der Waals surface area contributed by atoms with Gasteiger partial charge in [-0.15, -0.1) is 0 Å². The first-order valence-corrected chi connectivity index (χ1v) is 8.08. The fourth-order valence-electron chi connectivity index (χ4n) is 1.80. The van der Waals surface area contributed by atoms with Gasteiger partial charge in [0, 0.05) is 12.1 Å². The van der Waals surface area contributed by atoms with E-state index in [2.05, 4.69) is 10.0 Å². The highest BCUT2D eigenvalue weighted by Crippen LogP contribution is 2.19. The number of benzene rings is 2. The molecule has 0 radical (unpaired) electrons. The Morgan fingerprint density at radius 3 is 2.32 bits per heavy atom. The Kier molecular flexibility index (Phi) is 4.77. The molecule has 2 rings (SSSR count). The van der Waals surface area contributed by atoms with Crippen molar-refractivity contribution < 1.29 is 17.6 Å². The molecule has 0 aliphatic carbocycles. The van der Waals surface area contributed by atoms with Gasteiger partial charge in [0.05, 0.1) is 10.6 Å². The maximum absolute atomic E-state index is 13.5. The summed E-state index contributed by atoms with van der Waals surface area (Å²) in [5.74, 6) is -0.946. The number of nitrogens with one attached hydrogen (secondary N) is 2. The van der Waals surface area contributed by atoms with Gasteiger partial charge in [-0.25, -0.2) is 12.8 Å². The van der Waals surface area contributed by atoms with E-state index < -0.39 is 15.8 Å². The largest absolute Gasteiger partial charge is 0.352 e. The molecule has 0 unspecified atom stereocenters. The highest BCUT2D eigenvalue weighted by atomic mass is 32.2. The van der Waals surface area contributed by atoms with Crippen LogP contribution in [0, 0.1) is 5.82 Å². The second-order valence-electron chi connectivity index (χ2n) is 4.47. The van der Waals surface area contributed by atoms with Crippen LogP contribution in [0.15, 0.2) is 53.4 Å². The number of anilines is 1. The molecule has 0 spiro atoms. The molecule has 0 aliphatic heterocycles. The number of hydrogen-bond acceptors (Lipinski definition) is 3. The van der Waals surface area contributed by atoms with Crippen LogP contribution >= 0.6 is 0 Å². The minimum absolute atomic E-state index is 0.0520. The van der Waals surface area contributed by atoms with Crippen molar-refractivity contribution in [1.29, 1.82) is 0 Å². The maximum Gasteiger partial charge on any atom is 0.261 e. The summed E-state index contributed by atoms with van der Waals surface area (Å²) in [5.41, 5.74) is 0.224. The first kappa shape index (κ1) is 16.0. The Labute approximate surface area is 128 Å². The van der Waals surface area contributed by atoms with Crippen LogP contribution in [-0.2, 0) is 10.0 Å². The Morgan fingerprint density at radius 1 is 1.09 bits per heavy atom. The van der Waals surface area contributed by atoms with Gasteiger partial charge in [0.25, 0.3) is 15.9 Å². The molecule has 0 saturated carbocycles.